The summed E-state index contributed by atoms with van der Waals surface area (Å²) < 4.78 is 11.2. The van der Waals surface area contributed by atoms with Gasteiger partial charge in [0.15, 0.2) is 0 Å². The summed E-state index contributed by atoms with van der Waals surface area (Å²) in [5.41, 5.74) is 0. The summed E-state index contributed by atoms with van der Waals surface area (Å²) in [4.78, 5) is 5.00. The average molecular weight is 299 g/mol. The smallest absolute Gasteiger partial charge is 0.270 e. The van der Waals surface area contributed by atoms with Crippen LogP contribution in [0.3, 0.4) is 0 Å². The first-order valence-corrected chi connectivity index (χ1v) is 8.53. The highest BCUT2D eigenvalue weighted by Crippen LogP contribution is 2.46. The Morgan fingerprint density at radius 2 is 2.05 bits per heavy atom. The third kappa shape index (κ3) is 4.78. The first-order chi connectivity index (χ1) is 9.16. The normalized spacial score (nSPS) is 15.2. The van der Waals surface area contributed by atoms with E-state index in [-0.39, 0.29) is 0 Å². The van der Waals surface area contributed by atoms with Crippen molar-refractivity contribution in [3.05, 3.63) is 42.5 Å². The van der Waals surface area contributed by atoms with E-state index in [1.54, 1.807) is 19.3 Å². The fraction of sp³-hybridized carbons (Fsp3) is 0.308. The second kappa shape index (κ2) is 8.10. The number of hydrogen-bond donors (Lipinski definition) is 0. The van der Waals surface area contributed by atoms with Gasteiger partial charge in [-0.15, -0.1) is 0 Å². The van der Waals surface area contributed by atoms with Crippen molar-refractivity contribution in [2.75, 3.05) is 13.7 Å². The molecular formula is C13H18NO3PS. The first kappa shape index (κ1) is 15.9. The molecular weight excluding hydrogens is 281 g/mol. The SMILES string of the molecule is C/C=C/C(=NOCC)OP(=S)(OC)c1ccccc1. The molecule has 0 radical (unpaired) electrons. The molecule has 19 heavy (non-hydrogen) atoms. The van der Waals surface area contributed by atoms with E-state index >= 15 is 0 Å². The molecule has 0 saturated carbocycles. The predicted octanol–water partition coefficient (Wildman–Crippen LogP) is 3.21. The fourth-order valence-corrected chi connectivity index (χ4v) is 3.14. The van der Waals surface area contributed by atoms with Gasteiger partial charge in [-0.05, 0) is 49.0 Å². The van der Waals surface area contributed by atoms with Crippen LogP contribution in [0.1, 0.15) is 13.8 Å². The second-order valence-corrected chi connectivity index (χ2v) is 6.96. The molecule has 0 aliphatic carbocycles. The minimum atomic E-state index is -2.61. The van der Waals surface area contributed by atoms with E-state index in [0.29, 0.717) is 12.5 Å². The lowest BCUT2D eigenvalue weighted by atomic mass is 10.4. The summed E-state index contributed by atoms with van der Waals surface area (Å²) in [6, 6.07) is 9.48. The molecule has 0 aliphatic heterocycles. The molecule has 4 nitrogen and oxygen atoms in total. The van der Waals surface area contributed by atoms with Crippen molar-refractivity contribution in [2.45, 2.75) is 13.8 Å². The van der Waals surface area contributed by atoms with Crippen molar-refractivity contribution in [2.24, 2.45) is 5.16 Å². The van der Waals surface area contributed by atoms with Crippen molar-refractivity contribution in [1.29, 1.82) is 0 Å². The van der Waals surface area contributed by atoms with Gasteiger partial charge in [-0.1, -0.05) is 24.3 Å². The van der Waals surface area contributed by atoms with Crippen molar-refractivity contribution in [3.8, 4) is 0 Å². The maximum absolute atomic E-state index is 5.76. The summed E-state index contributed by atoms with van der Waals surface area (Å²) in [7, 11) is 1.54. The van der Waals surface area contributed by atoms with Crippen LogP contribution in [-0.2, 0) is 25.7 Å². The maximum atomic E-state index is 5.76. The Balaban J connectivity index is 3.00. The van der Waals surface area contributed by atoms with E-state index in [4.69, 9.17) is 25.7 Å². The maximum Gasteiger partial charge on any atom is 0.270 e. The van der Waals surface area contributed by atoms with E-state index in [0.717, 1.165) is 5.30 Å². The highest BCUT2D eigenvalue weighted by molar-refractivity contribution is 8.13. The summed E-state index contributed by atoms with van der Waals surface area (Å²) in [6.07, 6.45) is 3.50. The van der Waals surface area contributed by atoms with Crippen LogP contribution in [0.5, 0.6) is 0 Å². The number of oxime groups is 1. The molecule has 0 N–H and O–H groups in total. The van der Waals surface area contributed by atoms with Gasteiger partial charge < -0.3 is 13.9 Å². The standard InChI is InChI=1S/C13H18NO3PS/c1-4-9-13(14-16-5-2)17-18(19,15-3)12-10-7-6-8-11-12/h4,6-11H,5H2,1-3H3/b9-4+,14-13?. The van der Waals surface area contributed by atoms with E-state index in [1.165, 1.54) is 0 Å². The Morgan fingerprint density at radius 3 is 2.58 bits per heavy atom. The molecule has 0 saturated heterocycles. The van der Waals surface area contributed by atoms with E-state index in [9.17, 15) is 0 Å². The van der Waals surface area contributed by atoms with Gasteiger partial charge in [-0.3, -0.25) is 0 Å². The lowest BCUT2D eigenvalue weighted by Crippen LogP contribution is -2.12. The van der Waals surface area contributed by atoms with Crippen LogP contribution >= 0.6 is 6.49 Å². The molecule has 1 aromatic carbocycles. The zero-order valence-electron chi connectivity index (χ0n) is 11.3. The first-order valence-electron chi connectivity index (χ1n) is 5.90. The molecule has 0 spiro atoms. The van der Waals surface area contributed by atoms with Gasteiger partial charge in [0.25, 0.3) is 12.4 Å². The van der Waals surface area contributed by atoms with Gasteiger partial charge in [0.05, 0.1) is 0 Å². The third-order valence-electron chi connectivity index (χ3n) is 2.12. The van der Waals surface area contributed by atoms with Crippen LogP contribution in [0, 0.1) is 0 Å². The Hall–Kier alpha value is -1.16. The largest absolute Gasteiger partial charge is 0.419 e. The zero-order chi connectivity index (χ0) is 14.1. The number of nitrogens with zero attached hydrogens (tertiary/aromatic N) is 1. The number of benzene rings is 1. The number of hydrogen-bond acceptors (Lipinski definition) is 5. The van der Waals surface area contributed by atoms with Gasteiger partial charge in [-0.2, -0.15) is 0 Å². The van der Waals surface area contributed by atoms with Crippen LogP contribution in [0.15, 0.2) is 47.6 Å². The topological polar surface area (TPSA) is 40.0 Å². The molecule has 6 heteroatoms. The summed E-state index contributed by atoms with van der Waals surface area (Å²) in [5.74, 6) is 0.318. The summed E-state index contributed by atoms with van der Waals surface area (Å²) in [5, 5.41) is 4.71. The number of rotatable bonds is 6. The predicted molar refractivity (Wildman–Crippen MR) is 82.3 cm³/mol. The summed E-state index contributed by atoms with van der Waals surface area (Å²) in [6.45, 7) is 1.57. The highest BCUT2D eigenvalue weighted by Gasteiger charge is 2.23. The van der Waals surface area contributed by atoms with Crippen LogP contribution in [-0.4, -0.2) is 19.6 Å². The molecule has 0 aliphatic rings. The van der Waals surface area contributed by atoms with E-state index in [2.05, 4.69) is 5.16 Å². The Labute approximate surface area is 119 Å². The van der Waals surface area contributed by atoms with Crippen molar-refractivity contribution in [1.82, 2.24) is 0 Å². The fourth-order valence-electron chi connectivity index (χ4n) is 1.28. The lowest BCUT2D eigenvalue weighted by Gasteiger charge is -2.20. The van der Waals surface area contributed by atoms with E-state index < -0.39 is 6.49 Å². The lowest BCUT2D eigenvalue weighted by molar-refractivity contribution is 0.153. The highest BCUT2D eigenvalue weighted by atomic mass is 32.5. The van der Waals surface area contributed by atoms with Crippen molar-refractivity contribution >= 4 is 29.5 Å². The van der Waals surface area contributed by atoms with Gasteiger partial charge in [0.1, 0.15) is 6.61 Å². The van der Waals surface area contributed by atoms with Gasteiger partial charge in [0.2, 0.25) is 0 Å². The van der Waals surface area contributed by atoms with Crippen LogP contribution < -0.4 is 5.30 Å². The quantitative estimate of drug-likeness (QED) is 0.350. The molecule has 0 bridgehead atoms. The average Bonchev–Trinajstić information content (AvgIpc) is 2.46. The zero-order valence-corrected chi connectivity index (χ0v) is 13.0. The molecule has 1 rings (SSSR count). The number of allylic oxidation sites excluding steroid dienone is 1. The Kier molecular flexibility index (Phi) is 6.78. The minimum absolute atomic E-state index is 0.318. The van der Waals surface area contributed by atoms with Crippen molar-refractivity contribution < 1.29 is 13.9 Å². The minimum Gasteiger partial charge on any atom is -0.419 e. The summed E-state index contributed by atoms with van der Waals surface area (Å²) >= 11 is 5.51. The second-order valence-electron chi connectivity index (χ2n) is 3.45. The van der Waals surface area contributed by atoms with Crippen molar-refractivity contribution in [3.63, 3.8) is 0 Å². The molecule has 1 aromatic rings. The Morgan fingerprint density at radius 1 is 1.37 bits per heavy atom. The Bertz CT molecular complexity index is 488. The third-order valence-corrected chi connectivity index (χ3v) is 5.26. The van der Waals surface area contributed by atoms with Crippen LogP contribution in [0.25, 0.3) is 0 Å². The van der Waals surface area contributed by atoms with Gasteiger partial charge in [0, 0.05) is 12.4 Å². The molecule has 0 heterocycles. The molecule has 0 fully saturated rings. The van der Waals surface area contributed by atoms with Gasteiger partial charge in [-0.25, -0.2) is 0 Å². The van der Waals surface area contributed by atoms with Gasteiger partial charge >= 0.3 is 0 Å². The monoisotopic (exact) mass is 299 g/mol. The molecule has 0 aromatic heterocycles. The molecule has 1 atom stereocenters. The molecule has 104 valence electrons. The van der Waals surface area contributed by atoms with Crippen LogP contribution in [0.2, 0.25) is 0 Å². The van der Waals surface area contributed by atoms with Crippen LogP contribution in [0.4, 0.5) is 0 Å². The molecule has 1 unspecified atom stereocenters. The van der Waals surface area contributed by atoms with E-state index in [1.807, 2.05) is 44.2 Å². The molecule has 0 amide bonds.